The molecule has 19 heavy (non-hydrogen) atoms. The van der Waals surface area contributed by atoms with E-state index >= 15 is 0 Å². The van der Waals surface area contributed by atoms with Gasteiger partial charge in [0.25, 0.3) is 5.69 Å². The summed E-state index contributed by atoms with van der Waals surface area (Å²) < 4.78 is 0. The molecule has 3 nitrogen and oxygen atoms in total. The fraction of sp³-hybridized carbons (Fsp3) is 0.600. The molecular formula is C15H22BrNO2. The van der Waals surface area contributed by atoms with Crippen LogP contribution in [-0.4, -0.2) is 9.75 Å². The summed E-state index contributed by atoms with van der Waals surface area (Å²) in [6.07, 6.45) is 5.80. The first-order chi connectivity index (χ1) is 9.08. The molecule has 1 aromatic rings. The van der Waals surface area contributed by atoms with E-state index in [4.69, 9.17) is 0 Å². The Labute approximate surface area is 123 Å². The van der Waals surface area contributed by atoms with Crippen molar-refractivity contribution in [3.63, 3.8) is 0 Å². The number of benzene rings is 1. The zero-order chi connectivity index (χ0) is 14.3. The molecule has 1 atom stereocenters. The summed E-state index contributed by atoms with van der Waals surface area (Å²) in [4.78, 5) is 10.7. The van der Waals surface area contributed by atoms with E-state index in [-0.39, 0.29) is 10.6 Å². The molecule has 106 valence electrons. The maximum Gasteiger partial charge on any atom is 0.269 e. The molecule has 0 saturated carbocycles. The highest BCUT2D eigenvalue weighted by Gasteiger charge is 2.18. The Morgan fingerprint density at radius 2 is 1.68 bits per heavy atom. The second kappa shape index (κ2) is 8.31. The number of nitrogens with zero attached hydrogens (tertiary/aromatic N) is 1. The van der Waals surface area contributed by atoms with E-state index < -0.39 is 0 Å². The Hall–Kier alpha value is -0.900. The highest BCUT2D eigenvalue weighted by atomic mass is 79.9. The van der Waals surface area contributed by atoms with Crippen molar-refractivity contribution in [2.45, 2.75) is 50.8 Å². The van der Waals surface area contributed by atoms with Crippen LogP contribution in [0.2, 0.25) is 0 Å². The summed E-state index contributed by atoms with van der Waals surface area (Å²) in [5, 5.41) is 10.6. The van der Waals surface area contributed by atoms with E-state index in [1.165, 1.54) is 25.7 Å². The molecular weight excluding hydrogens is 306 g/mol. The standard InChI is InChI=1S/C15H22BrNO2/c1-3-5-13(6-4-2)15(16)11-12-7-9-14(10-8-12)17(18)19/h7-10,13,15H,3-6,11H2,1-2H3. The molecule has 0 N–H and O–H groups in total. The van der Waals surface area contributed by atoms with Gasteiger partial charge in [-0.3, -0.25) is 10.1 Å². The maximum absolute atomic E-state index is 10.6. The third-order valence-corrected chi connectivity index (χ3v) is 4.48. The summed E-state index contributed by atoms with van der Waals surface area (Å²) in [5.74, 6) is 0.685. The third-order valence-electron chi connectivity index (χ3n) is 3.41. The summed E-state index contributed by atoms with van der Waals surface area (Å²) >= 11 is 3.80. The van der Waals surface area contributed by atoms with Gasteiger partial charge in [0.2, 0.25) is 0 Å². The van der Waals surface area contributed by atoms with Crippen LogP contribution in [0, 0.1) is 16.0 Å². The zero-order valence-corrected chi connectivity index (χ0v) is 13.2. The number of rotatable bonds is 8. The number of non-ortho nitro benzene ring substituents is 1. The highest BCUT2D eigenvalue weighted by Crippen LogP contribution is 2.27. The molecule has 0 heterocycles. The van der Waals surface area contributed by atoms with Crippen LogP contribution >= 0.6 is 15.9 Å². The quantitative estimate of drug-likeness (QED) is 0.378. The van der Waals surface area contributed by atoms with Crippen molar-refractivity contribution in [1.82, 2.24) is 0 Å². The van der Waals surface area contributed by atoms with Crippen molar-refractivity contribution in [1.29, 1.82) is 0 Å². The van der Waals surface area contributed by atoms with Crippen molar-refractivity contribution in [2.75, 3.05) is 0 Å². The number of halogens is 1. The van der Waals surface area contributed by atoms with Gasteiger partial charge in [-0.1, -0.05) is 54.8 Å². The Bertz CT molecular complexity index is 386. The lowest BCUT2D eigenvalue weighted by molar-refractivity contribution is -0.384. The fourth-order valence-corrected chi connectivity index (χ4v) is 3.30. The Morgan fingerprint density at radius 3 is 2.11 bits per heavy atom. The summed E-state index contributed by atoms with van der Waals surface area (Å²) in [6.45, 7) is 4.43. The predicted octanol–water partition coefficient (Wildman–Crippen LogP) is 5.12. The molecule has 0 aliphatic heterocycles. The van der Waals surface area contributed by atoms with Gasteiger partial charge in [-0.05, 0) is 30.7 Å². The molecule has 4 heteroatoms. The van der Waals surface area contributed by atoms with Crippen molar-refractivity contribution in [3.8, 4) is 0 Å². The molecule has 0 aromatic heterocycles. The maximum atomic E-state index is 10.6. The second-order valence-electron chi connectivity index (χ2n) is 4.98. The van der Waals surface area contributed by atoms with Gasteiger partial charge in [0, 0.05) is 17.0 Å². The van der Waals surface area contributed by atoms with Crippen LogP contribution in [0.15, 0.2) is 24.3 Å². The largest absolute Gasteiger partial charge is 0.269 e. The van der Waals surface area contributed by atoms with Crippen LogP contribution < -0.4 is 0 Å². The number of nitro benzene ring substituents is 1. The second-order valence-corrected chi connectivity index (χ2v) is 6.16. The average molecular weight is 328 g/mol. The van der Waals surface area contributed by atoms with Crippen molar-refractivity contribution >= 4 is 21.6 Å². The summed E-state index contributed by atoms with van der Waals surface area (Å²) in [7, 11) is 0. The smallest absolute Gasteiger partial charge is 0.258 e. The molecule has 0 aliphatic rings. The SMILES string of the molecule is CCCC(CCC)C(Br)Cc1ccc([N+](=O)[O-])cc1. The van der Waals surface area contributed by atoms with Gasteiger partial charge in [-0.15, -0.1) is 0 Å². The van der Waals surface area contributed by atoms with Crippen LogP contribution in [-0.2, 0) is 6.42 Å². The van der Waals surface area contributed by atoms with E-state index in [2.05, 4.69) is 29.8 Å². The average Bonchev–Trinajstić information content (AvgIpc) is 2.39. The van der Waals surface area contributed by atoms with Crippen LogP contribution in [0.25, 0.3) is 0 Å². The molecule has 0 spiro atoms. The number of alkyl halides is 1. The van der Waals surface area contributed by atoms with Crippen molar-refractivity contribution in [2.24, 2.45) is 5.92 Å². The molecule has 1 rings (SSSR count). The molecule has 0 fully saturated rings. The Balaban J connectivity index is 2.63. The van der Waals surface area contributed by atoms with Crippen molar-refractivity contribution < 1.29 is 4.92 Å². The lowest BCUT2D eigenvalue weighted by Crippen LogP contribution is -2.17. The molecule has 0 saturated heterocycles. The van der Waals surface area contributed by atoms with Gasteiger partial charge in [0.05, 0.1) is 4.92 Å². The normalized spacial score (nSPS) is 12.6. The van der Waals surface area contributed by atoms with Gasteiger partial charge >= 0.3 is 0 Å². The lowest BCUT2D eigenvalue weighted by atomic mass is 9.91. The molecule has 0 radical (unpaired) electrons. The third kappa shape index (κ3) is 5.31. The molecule has 1 aromatic carbocycles. The number of nitro groups is 1. The molecule has 1 unspecified atom stereocenters. The van der Waals surface area contributed by atoms with Crippen LogP contribution in [0.3, 0.4) is 0 Å². The van der Waals surface area contributed by atoms with Gasteiger partial charge in [-0.2, -0.15) is 0 Å². The number of hydrogen-bond donors (Lipinski definition) is 0. The van der Waals surface area contributed by atoms with Gasteiger partial charge in [0.1, 0.15) is 0 Å². The van der Waals surface area contributed by atoms with E-state index in [1.807, 2.05) is 12.1 Å². The fourth-order valence-electron chi connectivity index (χ4n) is 2.39. The minimum atomic E-state index is -0.355. The van der Waals surface area contributed by atoms with Crippen molar-refractivity contribution in [3.05, 3.63) is 39.9 Å². The molecule has 0 aliphatic carbocycles. The Morgan fingerprint density at radius 1 is 1.16 bits per heavy atom. The monoisotopic (exact) mass is 327 g/mol. The van der Waals surface area contributed by atoms with E-state index in [0.29, 0.717) is 10.7 Å². The summed E-state index contributed by atoms with van der Waals surface area (Å²) in [6, 6.07) is 6.90. The molecule has 0 amide bonds. The molecule has 0 bridgehead atoms. The van der Waals surface area contributed by atoms with Gasteiger partial charge < -0.3 is 0 Å². The predicted molar refractivity (Wildman–Crippen MR) is 82.8 cm³/mol. The van der Waals surface area contributed by atoms with Crippen LogP contribution in [0.5, 0.6) is 0 Å². The zero-order valence-electron chi connectivity index (χ0n) is 11.6. The first-order valence-corrected chi connectivity index (χ1v) is 7.87. The topological polar surface area (TPSA) is 43.1 Å². The number of hydrogen-bond acceptors (Lipinski definition) is 2. The Kier molecular flexibility index (Phi) is 7.06. The van der Waals surface area contributed by atoms with Crippen LogP contribution in [0.4, 0.5) is 5.69 Å². The minimum Gasteiger partial charge on any atom is -0.258 e. The van der Waals surface area contributed by atoms with Crippen LogP contribution in [0.1, 0.15) is 45.1 Å². The van der Waals surface area contributed by atoms with Gasteiger partial charge in [0.15, 0.2) is 0 Å². The van der Waals surface area contributed by atoms with E-state index in [9.17, 15) is 10.1 Å². The highest BCUT2D eigenvalue weighted by molar-refractivity contribution is 9.09. The first-order valence-electron chi connectivity index (χ1n) is 6.95. The first kappa shape index (κ1) is 16.2. The minimum absolute atomic E-state index is 0.161. The lowest BCUT2D eigenvalue weighted by Gasteiger charge is -2.21. The summed E-state index contributed by atoms with van der Waals surface area (Å²) in [5.41, 5.74) is 1.32. The van der Waals surface area contributed by atoms with Gasteiger partial charge in [-0.25, -0.2) is 0 Å². The van der Waals surface area contributed by atoms with E-state index in [0.717, 1.165) is 12.0 Å². The van der Waals surface area contributed by atoms with E-state index in [1.54, 1.807) is 12.1 Å².